The maximum absolute atomic E-state index is 4.54. The summed E-state index contributed by atoms with van der Waals surface area (Å²) >= 11 is 1.74. The number of anilines is 2. The van der Waals surface area contributed by atoms with E-state index in [1.54, 1.807) is 17.7 Å². The predicted octanol–water partition coefficient (Wildman–Crippen LogP) is 3.75. The minimum Gasteiger partial charge on any atom is -0.368 e. The molecule has 23 heavy (non-hydrogen) atoms. The Morgan fingerprint density at radius 2 is 1.65 bits per heavy atom. The summed E-state index contributed by atoms with van der Waals surface area (Å²) in [6.45, 7) is 6.17. The Morgan fingerprint density at radius 1 is 0.957 bits per heavy atom. The van der Waals surface area contributed by atoms with Gasteiger partial charge in [0.25, 0.3) is 0 Å². The smallest absolute Gasteiger partial charge is 0.140 e. The van der Waals surface area contributed by atoms with Crippen molar-refractivity contribution in [1.29, 1.82) is 0 Å². The van der Waals surface area contributed by atoms with E-state index >= 15 is 0 Å². The SMILES string of the molecule is Cc1cc2c(N3CCN(c4ccccc4)CC3)ncnc2s1.Cl. The molecular formula is C17H19ClN4S. The van der Waals surface area contributed by atoms with Crippen molar-refractivity contribution in [3.8, 4) is 0 Å². The zero-order valence-corrected chi connectivity index (χ0v) is 14.6. The topological polar surface area (TPSA) is 32.3 Å². The molecule has 0 radical (unpaired) electrons. The standard InChI is InChI=1S/C17H18N4S.ClH/c1-13-11-15-16(18-12-19-17(15)22-13)21-9-7-20(8-10-21)14-5-3-2-4-6-14;/h2-6,11-12H,7-10H2,1H3;1H. The van der Waals surface area contributed by atoms with Gasteiger partial charge in [0, 0.05) is 36.7 Å². The number of thiophene rings is 1. The highest BCUT2D eigenvalue weighted by Crippen LogP contribution is 2.30. The van der Waals surface area contributed by atoms with Gasteiger partial charge in [0.05, 0.1) is 5.39 Å². The average Bonchev–Trinajstić information content (AvgIpc) is 2.96. The van der Waals surface area contributed by atoms with E-state index in [0.29, 0.717) is 0 Å². The third kappa shape index (κ3) is 3.12. The fourth-order valence-electron chi connectivity index (χ4n) is 3.03. The van der Waals surface area contributed by atoms with Crippen molar-refractivity contribution in [1.82, 2.24) is 9.97 Å². The van der Waals surface area contributed by atoms with E-state index in [4.69, 9.17) is 0 Å². The van der Waals surface area contributed by atoms with E-state index in [0.717, 1.165) is 36.8 Å². The van der Waals surface area contributed by atoms with E-state index in [2.05, 4.69) is 63.1 Å². The predicted molar refractivity (Wildman–Crippen MR) is 100 cm³/mol. The van der Waals surface area contributed by atoms with Gasteiger partial charge in [-0.25, -0.2) is 9.97 Å². The average molecular weight is 347 g/mol. The van der Waals surface area contributed by atoms with E-state index in [9.17, 15) is 0 Å². The molecule has 0 amide bonds. The number of piperazine rings is 1. The second-order valence-electron chi connectivity index (χ2n) is 5.58. The van der Waals surface area contributed by atoms with E-state index in [1.807, 2.05) is 0 Å². The van der Waals surface area contributed by atoms with Gasteiger partial charge in [0.15, 0.2) is 0 Å². The molecule has 0 bridgehead atoms. The number of hydrogen-bond donors (Lipinski definition) is 0. The van der Waals surface area contributed by atoms with Crippen LogP contribution in [-0.2, 0) is 0 Å². The minimum absolute atomic E-state index is 0. The molecule has 3 aromatic rings. The largest absolute Gasteiger partial charge is 0.368 e. The molecule has 0 saturated carbocycles. The Balaban J connectivity index is 0.00000156. The van der Waals surface area contributed by atoms with Gasteiger partial charge in [-0.15, -0.1) is 23.7 Å². The molecule has 0 aliphatic carbocycles. The van der Waals surface area contributed by atoms with Gasteiger partial charge in [-0.1, -0.05) is 18.2 Å². The lowest BCUT2D eigenvalue weighted by atomic mass is 10.2. The molecule has 1 aliphatic rings. The van der Waals surface area contributed by atoms with E-state index in [-0.39, 0.29) is 12.4 Å². The summed E-state index contributed by atoms with van der Waals surface area (Å²) in [6.07, 6.45) is 1.69. The van der Waals surface area contributed by atoms with Crippen LogP contribution in [-0.4, -0.2) is 36.1 Å². The summed E-state index contributed by atoms with van der Waals surface area (Å²) in [5.41, 5.74) is 1.31. The van der Waals surface area contributed by atoms with Crippen LogP contribution in [0.4, 0.5) is 11.5 Å². The summed E-state index contributed by atoms with van der Waals surface area (Å²) in [5.74, 6) is 1.09. The third-order valence-electron chi connectivity index (χ3n) is 4.13. The minimum atomic E-state index is 0. The molecule has 0 N–H and O–H groups in total. The van der Waals surface area contributed by atoms with Gasteiger partial charge in [0.2, 0.25) is 0 Å². The maximum atomic E-state index is 4.54. The van der Waals surface area contributed by atoms with Crippen molar-refractivity contribution in [3.05, 3.63) is 47.6 Å². The molecule has 4 rings (SSSR count). The number of hydrogen-bond acceptors (Lipinski definition) is 5. The maximum Gasteiger partial charge on any atom is 0.140 e. The van der Waals surface area contributed by atoms with Crippen LogP contribution in [0.1, 0.15) is 4.88 Å². The van der Waals surface area contributed by atoms with Gasteiger partial charge in [0.1, 0.15) is 17.0 Å². The molecule has 4 nitrogen and oxygen atoms in total. The number of aromatic nitrogens is 2. The highest BCUT2D eigenvalue weighted by atomic mass is 35.5. The highest BCUT2D eigenvalue weighted by molar-refractivity contribution is 7.18. The van der Waals surface area contributed by atoms with Gasteiger partial charge >= 0.3 is 0 Å². The van der Waals surface area contributed by atoms with E-state index in [1.165, 1.54) is 16.0 Å². The normalized spacial score (nSPS) is 14.8. The third-order valence-corrected chi connectivity index (χ3v) is 5.09. The molecule has 1 saturated heterocycles. The summed E-state index contributed by atoms with van der Waals surface area (Å²) < 4.78 is 0. The van der Waals surface area contributed by atoms with Crippen molar-refractivity contribution < 1.29 is 0 Å². The first-order valence-electron chi connectivity index (χ1n) is 7.57. The molecule has 1 aromatic carbocycles. The van der Waals surface area contributed by atoms with Crippen molar-refractivity contribution in [2.24, 2.45) is 0 Å². The summed E-state index contributed by atoms with van der Waals surface area (Å²) in [5, 5.41) is 1.19. The van der Waals surface area contributed by atoms with Gasteiger partial charge in [-0.2, -0.15) is 0 Å². The Morgan fingerprint density at radius 3 is 2.39 bits per heavy atom. The number of para-hydroxylation sites is 1. The number of halogens is 1. The second kappa shape index (κ2) is 6.72. The van der Waals surface area contributed by atoms with E-state index < -0.39 is 0 Å². The number of nitrogens with zero attached hydrogens (tertiary/aromatic N) is 4. The van der Waals surface area contributed by atoms with Gasteiger partial charge in [-0.3, -0.25) is 0 Å². The molecule has 120 valence electrons. The van der Waals surface area contributed by atoms with Crippen LogP contribution < -0.4 is 9.80 Å². The monoisotopic (exact) mass is 346 g/mol. The Bertz CT molecular complexity index is 782. The number of benzene rings is 1. The molecule has 3 heterocycles. The molecular weight excluding hydrogens is 328 g/mol. The zero-order chi connectivity index (χ0) is 14.9. The van der Waals surface area contributed by atoms with Crippen molar-refractivity contribution in [2.45, 2.75) is 6.92 Å². The molecule has 0 atom stereocenters. The summed E-state index contributed by atoms with van der Waals surface area (Å²) in [4.78, 5) is 16.1. The van der Waals surface area contributed by atoms with Gasteiger partial charge in [-0.05, 0) is 25.1 Å². The quantitative estimate of drug-likeness (QED) is 0.707. The molecule has 6 heteroatoms. The van der Waals surface area contributed by atoms with Crippen molar-refractivity contribution in [2.75, 3.05) is 36.0 Å². The first-order chi connectivity index (χ1) is 10.8. The lowest BCUT2D eigenvalue weighted by Crippen LogP contribution is -2.46. The number of fused-ring (bicyclic) bond motifs is 1. The lowest BCUT2D eigenvalue weighted by Gasteiger charge is -2.36. The van der Waals surface area contributed by atoms with Crippen LogP contribution in [0.5, 0.6) is 0 Å². The van der Waals surface area contributed by atoms with Gasteiger partial charge < -0.3 is 9.80 Å². The second-order valence-corrected chi connectivity index (χ2v) is 6.82. The molecule has 0 spiro atoms. The molecule has 1 aliphatic heterocycles. The van der Waals surface area contributed by atoms with Crippen LogP contribution in [0.15, 0.2) is 42.7 Å². The van der Waals surface area contributed by atoms with Crippen LogP contribution in [0, 0.1) is 6.92 Å². The van der Waals surface area contributed by atoms with Crippen LogP contribution >= 0.6 is 23.7 Å². The molecule has 0 unspecified atom stereocenters. The van der Waals surface area contributed by atoms with Crippen molar-refractivity contribution >= 4 is 45.5 Å². The fraction of sp³-hybridized carbons (Fsp3) is 0.294. The Kier molecular flexibility index (Phi) is 4.68. The lowest BCUT2D eigenvalue weighted by molar-refractivity contribution is 0.649. The first kappa shape index (κ1) is 16.0. The molecule has 2 aromatic heterocycles. The number of rotatable bonds is 2. The highest BCUT2D eigenvalue weighted by Gasteiger charge is 2.20. The Hall–Kier alpha value is -1.85. The summed E-state index contributed by atoms with van der Waals surface area (Å²) in [7, 11) is 0. The van der Waals surface area contributed by atoms with Crippen LogP contribution in [0.25, 0.3) is 10.2 Å². The zero-order valence-electron chi connectivity index (χ0n) is 13.0. The fourth-order valence-corrected chi connectivity index (χ4v) is 3.87. The van der Waals surface area contributed by atoms with Crippen LogP contribution in [0.3, 0.4) is 0 Å². The first-order valence-corrected chi connectivity index (χ1v) is 8.39. The Labute approximate surface area is 146 Å². The van der Waals surface area contributed by atoms with Crippen molar-refractivity contribution in [3.63, 3.8) is 0 Å². The van der Waals surface area contributed by atoms with Crippen LogP contribution in [0.2, 0.25) is 0 Å². The number of aryl methyl sites for hydroxylation is 1. The molecule has 1 fully saturated rings. The summed E-state index contributed by atoms with van der Waals surface area (Å²) in [6, 6.07) is 12.8.